The zero-order chi connectivity index (χ0) is 27.1. The molecule has 2 aliphatic heterocycles. The van der Waals surface area contributed by atoms with E-state index < -0.39 is 29.2 Å². The van der Waals surface area contributed by atoms with Gasteiger partial charge in [0.25, 0.3) is 16.6 Å². The highest BCUT2D eigenvalue weighted by molar-refractivity contribution is 9.13. The number of thiophene rings is 1. The van der Waals surface area contributed by atoms with Crippen molar-refractivity contribution in [3.8, 4) is 0 Å². The molecule has 1 fully saturated rings. The Balaban J connectivity index is 1.39. The van der Waals surface area contributed by atoms with Crippen LogP contribution in [0, 0.1) is 0 Å². The standard InChI is InChI=1S/C22H18Br2N6O5S3/c1-2-35-28-13(11-8-37-22(25)26-11)17(31)27-14-18(32)30-15(21(33)34)9(7-36-20(14)30)6-29-5-3-4-10-12(23)16(24)38-19(10)29/h3-5,8,14,20H,2,6-7H2,1H3,(H3-,25,26,27,31,33,34)/p+1/t14?,20-/m1/s1. The Bertz CT molecular complexity index is 1540. The summed E-state index contributed by atoms with van der Waals surface area (Å²) in [6, 6.07) is 2.94. The number of aromatic nitrogens is 2. The third-order valence-corrected chi connectivity index (χ3v) is 11.3. The van der Waals surface area contributed by atoms with Gasteiger partial charge in [-0.1, -0.05) is 16.5 Å². The van der Waals surface area contributed by atoms with Gasteiger partial charge in [-0.05, 0) is 44.8 Å². The summed E-state index contributed by atoms with van der Waals surface area (Å²) < 4.78 is 3.83. The van der Waals surface area contributed by atoms with Gasteiger partial charge in [0, 0.05) is 22.8 Å². The zero-order valence-corrected chi connectivity index (χ0v) is 25.1. The number of aliphatic carboxylic acids is 1. The number of halogens is 2. The zero-order valence-electron chi connectivity index (χ0n) is 19.5. The van der Waals surface area contributed by atoms with E-state index in [1.807, 2.05) is 22.9 Å². The van der Waals surface area contributed by atoms with E-state index in [2.05, 4.69) is 47.3 Å². The minimum Gasteiger partial charge on any atom is -0.477 e. The Labute approximate surface area is 245 Å². The number of β-lactam (4-membered cyclic amide) rings is 1. The molecule has 2 atom stereocenters. The molecule has 38 heavy (non-hydrogen) atoms. The molecule has 1 saturated heterocycles. The van der Waals surface area contributed by atoms with Crippen molar-refractivity contribution in [2.24, 2.45) is 5.16 Å². The Morgan fingerprint density at radius 3 is 2.89 bits per heavy atom. The highest BCUT2D eigenvalue weighted by Gasteiger charge is 2.55. The molecule has 4 N–H and O–H groups in total. The second-order valence-electron chi connectivity index (χ2n) is 8.09. The molecule has 198 valence electrons. The number of nitrogens with one attached hydrogen (secondary N) is 1. The van der Waals surface area contributed by atoms with E-state index in [0.717, 1.165) is 29.8 Å². The molecule has 0 spiro atoms. The van der Waals surface area contributed by atoms with Crippen molar-refractivity contribution >= 4 is 105 Å². The summed E-state index contributed by atoms with van der Waals surface area (Å²) in [6.45, 7) is 2.24. The molecule has 2 amide bonds. The lowest BCUT2D eigenvalue weighted by atomic mass is 10.0. The van der Waals surface area contributed by atoms with Crippen LogP contribution in [-0.4, -0.2) is 62.3 Å². The van der Waals surface area contributed by atoms with Gasteiger partial charge in [-0.15, -0.1) is 23.1 Å². The monoisotopic (exact) mass is 701 g/mol. The summed E-state index contributed by atoms with van der Waals surface area (Å²) in [4.78, 5) is 49.9. The van der Waals surface area contributed by atoms with Crippen LogP contribution in [0.2, 0.25) is 0 Å². The third-order valence-electron chi connectivity index (χ3n) is 5.78. The van der Waals surface area contributed by atoms with Crippen molar-refractivity contribution in [1.82, 2.24) is 15.2 Å². The minimum absolute atomic E-state index is 0.0566. The van der Waals surface area contributed by atoms with Gasteiger partial charge in [0.05, 0.1) is 13.6 Å². The number of amides is 2. The first-order valence-electron chi connectivity index (χ1n) is 11.1. The van der Waals surface area contributed by atoms with Crippen LogP contribution in [0.4, 0.5) is 5.13 Å². The van der Waals surface area contributed by atoms with Gasteiger partial charge in [-0.3, -0.25) is 14.5 Å². The number of carboxylic acid groups (broad SMARTS) is 1. The molecule has 3 aromatic heterocycles. The summed E-state index contributed by atoms with van der Waals surface area (Å²) in [5.41, 5.74) is 6.36. The van der Waals surface area contributed by atoms with E-state index in [4.69, 9.17) is 10.6 Å². The van der Waals surface area contributed by atoms with Gasteiger partial charge in [0.15, 0.2) is 23.6 Å². The van der Waals surface area contributed by atoms with Crippen molar-refractivity contribution in [3.63, 3.8) is 0 Å². The second kappa shape index (κ2) is 10.9. The van der Waals surface area contributed by atoms with Gasteiger partial charge in [0.2, 0.25) is 0 Å². The van der Waals surface area contributed by atoms with Gasteiger partial charge < -0.3 is 21.0 Å². The molecule has 5 heterocycles. The lowest BCUT2D eigenvalue weighted by molar-refractivity contribution is -0.661. The van der Waals surface area contributed by atoms with E-state index in [9.17, 15) is 19.5 Å². The maximum atomic E-state index is 13.2. The van der Waals surface area contributed by atoms with Gasteiger partial charge in [-0.25, -0.2) is 9.78 Å². The topological polar surface area (TPSA) is 151 Å². The summed E-state index contributed by atoms with van der Waals surface area (Å²) in [5, 5.41) is 18.8. The summed E-state index contributed by atoms with van der Waals surface area (Å²) >= 11 is 11.2. The van der Waals surface area contributed by atoms with Gasteiger partial charge in [-0.2, -0.15) is 4.57 Å². The number of nitrogen functional groups attached to an aromatic ring is 1. The number of oxime groups is 1. The predicted octanol–water partition coefficient (Wildman–Crippen LogP) is 2.93. The lowest BCUT2D eigenvalue weighted by Gasteiger charge is -2.49. The summed E-state index contributed by atoms with van der Waals surface area (Å²) in [6.07, 6.45) is 1.88. The number of rotatable bonds is 8. The van der Waals surface area contributed by atoms with Crippen molar-refractivity contribution in [2.75, 3.05) is 18.1 Å². The fourth-order valence-corrected chi connectivity index (χ4v) is 8.27. The maximum Gasteiger partial charge on any atom is 0.352 e. The van der Waals surface area contributed by atoms with Gasteiger partial charge in [0.1, 0.15) is 29.4 Å². The average molecular weight is 703 g/mol. The second-order valence-corrected chi connectivity index (χ2v) is 13.2. The van der Waals surface area contributed by atoms with Crippen molar-refractivity contribution in [3.05, 3.63) is 48.9 Å². The fraction of sp³-hybridized carbons (Fsp3) is 0.273. The minimum atomic E-state index is -1.19. The molecule has 16 heteroatoms. The van der Waals surface area contributed by atoms with Crippen LogP contribution in [0.3, 0.4) is 0 Å². The van der Waals surface area contributed by atoms with E-state index >= 15 is 0 Å². The number of carboxylic acids is 1. The number of carbonyl (C=O) groups is 3. The highest BCUT2D eigenvalue weighted by Crippen LogP contribution is 2.41. The summed E-state index contributed by atoms with van der Waals surface area (Å²) in [7, 11) is 0. The number of pyridine rings is 1. The largest absolute Gasteiger partial charge is 0.477 e. The van der Waals surface area contributed by atoms with Crippen LogP contribution < -0.4 is 15.6 Å². The van der Waals surface area contributed by atoms with Crippen LogP contribution in [0.25, 0.3) is 10.2 Å². The molecule has 0 radical (unpaired) electrons. The van der Waals surface area contributed by atoms with E-state index in [1.165, 1.54) is 28.0 Å². The molecule has 11 nitrogen and oxygen atoms in total. The first-order chi connectivity index (χ1) is 18.2. The van der Waals surface area contributed by atoms with E-state index in [-0.39, 0.29) is 28.8 Å². The maximum absolute atomic E-state index is 13.2. The van der Waals surface area contributed by atoms with Crippen LogP contribution >= 0.6 is 66.3 Å². The van der Waals surface area contributed by atoms with Crippen LogP contribution in [0.5, 0.6) is 0 Å². The lowest BCUT2D eigenvalue weighted by Crippen LogP contribution is -2.71. The molecule has 0 aromatic carbocycles. The molecule has 5 rings (SSSR count). The first-order valence-corrected chi connectivity index (χ1v) is 15.4. The Kier molecular flexibility index (Phi) is 7.77. The molecule has 0 aliphatic carbocycles. The number of nitrogens with two attached hydrogens (primary N) is 1. The van der Waals surface area contributed by atoms with Crippen LogP contribution in [0.1, 0.15) is 12.6 Å². The first kappa shape index (κ1) is 27.1. The third kappa shape index (κ3) is 4.83. The molecular formula is C22H19Br2N6O5S3+. The average Bonchev–Trinajstić information content (AvgIpc) is 3.45. The van der Waals surface area contributed by atoms with E-state index in [0.29, 0.717) is 17.9 Å². The van der Waals surface area contributed by atoms with Gasteiger partial charge >= 0.3 is 5.97 Å². The molecule has 1 unspecified atom stereocenters. The number of thiazole rings is 1. The highest BCUT2D eigenvalue weighted by atomic mass is 79.9. The predicted molar refractivity (Wildman–Crippen MR) is 152 cm³/mol. The Hall–Kier alpha value is -2.53. The van der Waals surface area contributed by atoms with Crippen LogP contribution in [-0.2, 0) is 25.8 Å². The summed E-state index contributed by atoms with van der Waals surface area (Å²) in [5.74, 6) is -1.99. The molecule has 3 aromatic rings. The quantitative estimate of drug-likeness (QED) is 0.140. The number of thioether (sulfide) groups is 1. The molecule has 0 saturated carbocycles. The van der Waals surface area contributed by atoms with Crippen LogP contribution in [0.15, 0.2) is 48.4 Å². The Morgan fingerprint density at radius 1 is 1.42 bits per heavy atom. The number of fused-ring (bicyclic) bond motifs is 2. The van der Waals surface area contributed by atoms with Crippen molar-refractivity contribution in [2.45, 2.75) is 24.9 Å². The SMILES string of the molecule is CCON=C(C(=O)NC1C(=O)N2C(C(=O)O)=C(C[n+]3cccc4c(Br)c(Br)sc43)CS[C@H]12)c1csc(N)n1. The fourth-order valence-electron chi connectivity index (χ4n) is 4.13. The molecule has 0 bridgehead atoms. The number of nitrogens with zero attached hydrogens (tertiary/aromatic N) is 4. The Morgan fingerprint density at radius 2 is 2.21 bits per heavy atom. The molecule has 2 aliphatic rings. The number of carbonyl (C=O) groups excluding carboxylic acids is 2. The van der Waals surface area contributed by atoms with E-state index in [1.54, 1.807) is 12.3 Å². The molecular weight excluding hydrogens is 684 g/mol. The smallest absolute Gasteiger partial charge is 0.352 e. The van der Waals surface area contributed by atoms with Crippen molar-refractivity contribution in [1.29, 1.82) is 0 Å². The number of hydrogen-bond donors (Lipinski definition) is 3. The number of hydrogen-bond acceptors (Lipinski definition) is 10. The van der Waals surface area contributed by atoms with Crippen molar-refractivity contribution < 1.29 is 28.9 Å². The normalized spacial score (nSPS) is 19.4. The number of anilines is 1.